The van der Waals surface area contributed by atoms with Gasteiger partial charge in [-0.3, -0.25) is 29.7 Å². The molecular formula is C15H12N4O3. The number of nitrogens with zero attached hydrogens (tertiary/aromatic N) is 3. The highest BCUT2D eigenvalue weighted by atomic mass is 16.2. The molecule has 4 rings (SSSR count). The van der Waals surface area contributed by atoms with Gasteiger partial charge in [0.2, 0.25) is 11.8 Å². The van der Waals surface area contributed by atoms with Crippen LogP contribution in [-0.4, -0.2) is 38.6 Å². The fraction of sp³-hybridized carbons (Fsp3) is 0.267. The summed E-state index contributed by atoms with van der Waals surface area (Å²) < 4.78 is 0. The van der Waals surface area contributed by atoms with Crippen molar-refractivity contribution in [3.05, 3.63) is 35.7 Å². The van der Waals surface area contributed by atoms with E-state index in [0.717, 1.165) is 11.1 Å². The van der Waals surface area contributed by atoms with Crippen molar-refractivity contribution >= 4 is 28.8 Å². The molecule has 0 aliphatic carbocycles. The minimum absolute atomic E-state index is 0.197. The minimum Gasteiger partial charge on any atom is -0.322 e. The predicted molar refractivity (Wildman–Crippen MR) is 75.6 cm³/mol. The van der Waals surface area contributed by atoms with Crippen molar-refractivity contribution < 1.29 is 14.4 Å². The van der Waals surface area contributed by atoms with Crippen LogP contribution in [0.4, 0.5) is 0 Å². The predicted octanol–water partition coefficient (Wildman–Crippen LogP) is 0.391. The number of carbonyl (C=O) groups excluding carboxylic acids is 3. The molecule has 1 aromatic carbocycles. The third-order valence-corrected chi connectivity index (χ3v) is 4.11. The van der Waals surface area contributed by atoms with Crippen LogP contribution in [-0.2, 0) is 16.1 Å². The largest absolute Gasteiger partial charge is 0.322 e. The number of carbonyl (C=O) groups is 3. The average molecular weight is 296 g/mol. The van der Waals surface area contributed by atoms with Gasteiger partial charge in [-0.1, -0.05) is 0 Å². The normalized spacial score (nSPS) is 21.2. The molecule has 0 bridgehead atoms. The Kier molecular flexibility index (Phi) is 2.69. The minimum atomic E-state index is -0.596. The van der Waals surface area contributed by atoms with Gasteiger partial charge in [0.15, 0.2) is 0 Å². The quantitative estimate of drug-likeness (QED) is 0.769. The van der Waals surface area contributed by atoms with E-state index in [2.05, 4.69) is 15.3 Å². The summed E-state index contributed by atoms with van der Waals surface area (Å²) in [7, 11) is 0. The van der Waals surface area contributed by atoms with Crippen LogP contribution in [0.5, 0.6) is 0 Å². The lowest BCUT2D eigenvalue weighted by atomic mass is 10.0. The van der Waals surface area contributed by atoms with Crippen molar-refractivity contribution in [2.75, 3.05) is 0 Å². The van der Waals surface area contributed by atoms with Gasteiger partial charge < -0.3 is 4.90 Å². The number of hydrogen-bond acceptors (Lipinski definition) is 5. The van der Waals surface area contributed by atoms with Crippen LogP contribution >= 0.6 is 0 Å². The number of hydrogen-bond donors (Lipinski definition) is 1. The van der Waals surface area contributed by atoms with Gasteiger partial charge >= 0.3 is 0 Å². The average Bonchev–Trinajstić information content (AvgIpc) is 2.82. The van der Waals surface area contributed by atoms with Crippen LogP contribution in [0.1, 0.15) is 28.8 Å². The van der Waals surface area contributed by atoms with Gasteiger partial charge in [-0.05, 0) is 24.1 Å². The Labute approximate surface area is 125 Å². The van der Waals surface area contributed by atoms with Gasteiger partial charge in [0, 0.05) is 30.9 Å². The van der Waals surface area contributed by atoms with E-state index in [9.17, 15) is 14.4 Å². The molecule has 110 valence electrons. The SMILES string of the molecule is O=C1CCC(N2Cc3cc4nccnc4cc3C2=O)C(=O)N1. The second-order valence-corrected chi connectivity index (χ2v) is 5.45. The molecule has 0 radical (unpaired) electrons. The Bertz CT molecular complexity index is 833. The second kappa shape index (κ2) is 4.59. The lowest BCUT2D eigenvalue weighted by Crippen LogP contribution is -2.52. The number of fused-ring (bicyclic) bond motifs is 2. The summed E-state index contributed by atoms with van der Waals surface area (Å²) in [6.07, 6.45) is 3.79. The standard InChI is InChI=1S/C15H12N4O3/c20-13-2-1-12(14(21)18-13)19-7-8-5-10-11(17-4-3-16-10)6-9(8)15(19)22/h3-6,12H,1-2,7H2,(H,18,20,21). The maximum absolute atomic E-state index is 12.6. The van der Waals surface area contributed by atoms with Crippen molar-refractivity contribution in [2.45, 2.75) is 25.4 Å². The molecule has 1 unspecified atom stereocenters. The van der Waals surface area contributed by atoms with Crippen molar-refractivity contribution in [3.63, 3.8) is 0 Å². The molecule has 2 aliphatic rings. The highest BCUT2D eigenvalue weighted by Crippen LogP contribution is 2.29. The van der Waals surface area contributed by atoms with E-state index in [1.807, 2.05) is 6.07 Å². The zero-order chi connectivity index (χ0) is 15.3. The number of piperidine rings is 1. The molecule has 1 atom stereocenters. The van der Waals surface area contributed by atoms with Gasteiger partial charge in [0.1, 0.15) is 6.04 Å². The van der Waals surface area contributed by atoms with E-state index in [4.69, 9.17) is 0 Å². The van der Waals surface area contributed by atoms with Crippen LogP contribution in [0, 0.1) is 0 Å². The zero-order valence-corrected chi connectivity index (χ0v) is 11.6. The molecule has 7 nitrogen and oxygen atoms in total. The topological polar surface area (TPSA) is 92.3 Å². The molecule has 0 saturated carbocycles. The van der Waals surface area contributed by atoms with Gasteiger partial charge in [0.05, 0.1) is 11.0 Å². The lowest BCUT2D eigenvalue weighted by molar-refractivity contribution is -0.136. The molecule has 2 aromatic rings. The van der Waals surface area contributed by atoms with Crippen LogP contribution in [0.25, 0.3) is 11.0 Å². The number of aromatic nitrogens is 2. The number of rotatable bonds is 1. The smallest absolute Gasteiger partial charge is 0.255 e. The van der Waals surface area contributed by atoms with Crippen molar-refractivity contribution in [3.8, 4) is 0 Å². The van der Waals surface area contributed by atoms with Crippen LogP contribution in [0.15, 0.2) is 24.5 Å². The Morgan fingerprint density at radius 2 is 1.82 bits per heavy atom. The third kappa shape index (κ3) is 1.86. The summed E-state index contributed by atoms with van der Waals surface area (Å²) in [4.78, 5) is 45.7. The highest BCUT2D eigenvalue weighted by Gasteiger charge is 2.39. The maximum Gasteiger partial charge on any atom is 0.255 e. The highest BCUT2D eigenvalue weighted by molar-refractivity contribution is 6.06. The summed E-state index contributed by atoms with van der Waals surface area (Å²) >= 11 is 0. The Morgan fingerprint density at radius 1 is 1.09 bits per heavy atom. The van der Waals surface area contributed by atoms with Crippen LogP contribution < -0.4 is 5.32 Å². The van der Waals surface area contributed by atoms with E-state index >= 15 is 0 Å². The fourth-order valence-corrected chi connectivity index (χ4v) is 3.03. The van der Waals surface area contributed by atoms with Gasteiger partial charge in [0.25, 0.3) is 5.91 Å². The van der Waals surface area contributed by atoms with E-state index in [0.29, 0.717) is 24.0 Å². The first-order chi connectivity index (χ1) is 10.6. The van der Waals surface area contributed by atoms with Crippen molar-refractivity contribution in [1.82, 2.24) is 20.2 Å². The maximum atomic E-state index is 12.6. The molecule has 22 heavy (non-hydrogen) atoms. The molecule has 2 aliphatic heterocycles. The molecule has 7 heteroatoms. The van der Waals surface area contributed by atoms with Gasteiger partial charge in [-0.15, -0.1) is 0 Å². The number of amides is 3. The molecule has 1 aromatic heterocycles. The van der Waals surface area contributed by atoms with Crippen LogP contribution in [0.3, 0.4) is 0 Å². The summed E-state index contributed by atoms with van der Waals surface area (Å²) in [5.41, 5.74) is 2.76. The van der Waals surface area contributed by atoms with Gasteiger partial charge in [-0.2, -0.15) is 0 Å². The van der Waals surface area contributed by atoms with E-state index in [-0.39, 0.29) is 18.2 Å². The van der Waals surface area contributed by atoms with Crippen molar-refractivity contribution in [2.24, 2.45) is 0 Å². The Balaban J connectivity index is 1.71. The van der Waals surface area contributed by atoms with E-state index < -0.39 is 11.9 Å². The third-order valence-electron chi connectivity index (χ3n) is 4.11. The molecule has 0 spiro atoms. The monoisotopic (exact) mass is 296 g/mol. The van der Waals surface area contributed by atoms with Crippen molar-refractivity contribution in [1.29, 1.82) is 0 Å². The number of imide groups is 1. The van der Waals surface area contributed by atoms with E-state index in [1.54, 1.807) is 18.5 Å². The molecule has 1 N–H and O–H groups in total. The summed E-state index contributed by atoms with van der Waals surface area (Å²) in [6.45, 7) is 0.354. The molecule has 1 saturated heterocycles. The lowest BCUT2D eigenvalue weighted by Gasteiger charge is -2.29. The summed E-state index contributed by atoms with van der Waals surface area (Å²) in [5, 5.41) is 2.29. The molecule has 1 fully saturated rings. The van der Waals surface area contributed by atoms with Gasteiger partial charge in [-0.25, -0.2) is 0 Å². The van der Waals surface area contributed by atoms with Crippen LogP contribution in [0.2, 0.25) is 0 Å². The summed E-state index contributed by atoms with van der Waals surface area (Å²) in [6, 6.07) is 2.95. The molecular weight excluding hydrogens is 284 g/mol. The zero-order valence-electron chi connectivity index (χ0n) is 11.6. The number of benzene rings is 1. The Hall–Kier alpha value is -2.83. The first-order valence-electron chi connectivity index (χ1n) is 7.02. The second-order valence-electron chi connectivity index (χ2n) is 5.45. The first kappa shape index (κ1) is 12.9. The summed E-state index contributed by atoms with van der Waals surface area (Å²) in [5.74, 6) is -0.889. The first-order valence-corrected chi connectivity index (χ1v) is 7.02. The molecule has 3 amide bonds. The van der Waals surface area contributed by atoms with E-state index in [1.165, 1.54) is 4.90 Å². The Morgan fingerprint density at radius 3 is 2.55 bits per heavy atom. The molecule has 3 heterocycles. The fourth-order valence-electron chi connectivity index (χ4n) is 3.03. The number of nitrogens with one attached hydrogen (secondary N) is 1.